The quantitative estimate of drug-likeness (QED) is 0.835. The highest BCUT2D eigenvalue weighted by molar-refractivity contribution is 9.11. The minimum Gasteiger partial charge on any atom is -0.341 e. The van der Waals surface area contributed by atoms with Crippen molar-refractivity contribution < 1.29 is 4.79 Å². The van der Waals surface area contributed by atoms with Gasteiger partial charge in [-0.05, 0) is 53.2 Å². The Morgan fingerprint density at radius 2 is 2.33 bits per heavy atom. The smallest absolute Gasteiger partial charge is 0.263 e. The number of nitrogens with zero attached hydrogens (tertiary/aromatic N) is 1. The summed E-state index contributed by atoms with van der Waals surface area (Å²) in [5.41, 5.74) is 1.14. The van der Waals surface area contributed by atoms with Gasteiger partial charge in [-0.3, -0.25) is 4.79 Å². The van der Waals surface area contributed by atoms with Crippen LogP contribution in [0.25, 0.3) is 0 Å². The number of amides is 1. The maximum Gasteiger partial charge on any atom is 0.263 e. The first kappa shape index (κ1) is 11.1. The minimum atomic E-state index is 0.153. The molecule has 1 saturated carbocycles. The summed E-state index contributed by atoms with van der Waals surface area (Å²) in [5, 5.41) is 0. The molecule has 0 atom stereocenters. The number of thiophene rings is 1. The molecule has 0 saturated heterocycles. The van der Waals surface area contributed by atoms with Gasteiger partial charge in [0.1, 0.15) is 0 Å². The second kappa shape index (κ2) is 4.26. The molecule has 2 rings (SSSR count). The topological polar surface area (TPSA) is 20.3 Å². The molecule has 1 fully saturated rings. The van der Waals surface area contributed by atoms with E-state index in [1.165, 1.54) is 24.2 Å². The molecule has 0 unspecified atom stereocenters. The fraction of sp³-hybridized carbons (Fsp3) is 0.545. The Balaban J connectivity index is 2.05. The molecule has 1 amide bonds. The van der Waals surface area contributed by atoms with Crippen molar-refractivity contribution in [1.29, 1.82) is 0 Å². The van der Waals surface area contributed by atoms with Crippen molar-refractivity contribution in [2.45, 2.75) is 19.8 Å². The zero-order valence-corrected chi connectivity index (χ0v) is 11.3. The molecule has 4 heteroatoms. The molecule has 1 aliphatic rings. The average molecular weight is 288 g/mol. The lowest BCUT2D eigenvalue weighted by molar-refractivity contribution is 0.0793. The van der Waals surface area contributed by atoms with Crippen LogP contribution in [0.1, 0.15) is 28.1 Å². The van der Waals surface area contributed by atoms with Crippen LogP contribution in [0.4, 0.5) is 0 Å². The van der Waals surface area contributed by atoms with E-state index in [4.69, 9.17) is 0 Å². The predicted octanol–water partition coefficient (Wildman–Crippen LogP) is 3.30. The molecule has 15 heavy (non-hydrogen) atoms. The second-order valence-electron chi connectivity index (χ2n) is 4.20. The van der Waals surface area contributed by atoms with E-state index < -0.39 is 0 Å². The van der Waals surface area contributed by atoms with Gasteiger partial charge in [0.25, 0.3) is 5.91 Å². The van der Waals surface area contributed by atoms with Crippen molar-refractivity contribution in [3.8, 4) is 0 Å². The summed E-state index contributed by atoms with van der Waals surface area (Å²) in [4.78, 5) is 14.7. The first-order valence-electron chi connectivity index (χ1n) is 5.09. The number of hydrogen-bond acceptors (Lipinski definition) is 2. The van der Waals surface area contributed by atoms with Crippen LogP contribution in [0.15, 0.2) is 9.85 Å². The first-order valence-corrected chi connectivity index (χ1v) is 6.70. The molecule has 0 aromatic carbocycles. The molecule has 1 aromatic rings. The van der Waals surface area contributed by atoms with Crippen molar-refractivity contribution in [2.24, 2.45) is 5.92 Å². The summed E-state index contributed by atoms with van der Waals surface area (Å²) in [6, 6.07) is 1.96. The van der Waals surface area contributed by atoms with Crippen LogP contribution >= 0.6 is 27.3 Å². The van der Waals surface area contributed by atoms with E-state index in [-0.39, 0.29) is 5.91 Å². The molecule has 0 spiro atoms. The van der Waals surface area contributed by atoms with Crippen molar-refractivity contribution >= 4 is 33.2 Å². The van der Waals surface area contributed by atoms with Crippen LogP contribution in [-0.4, -0.2) is 24.4 Å². The normalized spacial score (nSPS) is 15.4. The molecule has 82 valence electrons. The van der Waals surface area contributed by atoms with Gasteiger partial charge in [0.15, 0.2) is 0 Å². The van der Waals surface area contributed by atoms with Gasteiger partial charge < -0.3 is 4.90 Å². The van der Waals surface area contributed by atoms with Gasteiger partial charge in [-0.15, -0.1) is 11.3 Å². The number of rotatable bonds is 3. The zero-order valence-electron chi connectivity index (χ0n) is 8.92. The molecule has 1 aliphatic carbocycles. The summed E-state index contributed by atoms with van der Waals surface area (Å²) in [7, 11) is 1.89. The molecular weight excluding hydrogens is 274 g/mol. The van der Waals surface area contributed by atoms with Crippen LogP contribution in [0.5, 0.6) is 0 Å². The summed E-state index contributed by atoms with van der Waals surface area (Å²) < 4.78 is 1.06. The Morgan fingerprint density at radius 3 is 2.80 bits per heavy atom. The second-order valence-corrected chi connectivity index (χ2v) is 6.57. The SMILES string of the molecule is Cc1cc(C(=O)N(C)CC2CC2)sc1Br. The molecule has 0 radical (unpaired) electrons. The average Bonchev–Trinajstić information content (AvgIpc) is 2.93. The highest BCUT2D eigenvalue weighted by Gasteiger charge is 2.25. The monoisotopic (exact) mass is 287 g/mol. The van der Waals surface area contributed by atoms with E-state index in [9.17, 15) is 4.79 Å². The lowest BCUT2D eigenvalue weighted by Crippen LogP contribution is -2.27. The van der Waals surface area contributed by atoms with Gasteiger partial charge in [0.05, 0.1) is 8.66 Å². The molecule has 0 aliphatic heterocycles. The number of halogens is 1. The third-order valence-corrected chi connectivity index (χ3v) is 4.77. The van der Waals surface area contributed by atoms with E-state index in [2.05, 4.69) is 15.9 Å². The van der Waals surface area contributed by atoms with Crippen LogP contribution in [0.3, 0.4) is 0 Å². The Morgan fingerprint density at radius 1 is 1.67 bits per heavy atom. The Kier molecular flexibility index (Phi) is 3.16. The maximum absolute atomic E-state index is 12.0. The number of hydrogen-bond donors (Lipinski definition) is 0. The van der Waals surface area contributed by atoms with Crippen LogP contribution in [0, 0.1) is 12.8 Å². The summed E-state index contributed by atoms with van der Waals surface area (Å²) in [6.07, 6.45) is 2.57. The van der Waals surface area contributed by atoms with Crippen molar-refractivity contribution in [3.63, 3.8) is 0 Å². The Labute approximate surface area is 102 Å². The van der Waals surface area contributed by atoms with Crippen LogP contribution in [-0.2, 0) is 0 Å². The van der Waals surface area contributed by atoms with E-state index >= 15 is 0 Å². The summed E-state index contributed by atoms with van der Waals surface area (Å²) in [6.45, 7) is 2.92. The lowest BCUT2D eigenvalue weighted by atomic mass is 10.3. The maximum atomic E-state index is 12.0. The summed E-state index contributed by atoms with van der Waals surface area (Å²) >= 11 is 4.97. The van der Waals surface area contributed by atoms with Gasteiger partial charge >= 0.3 is 0 Å². The summed E-state index contributed by atoms with van der Waals surface area (Å²) in [5.74, 6) is 0.907. The fourth-order valence-electron chi connectivity index (χ4n) is 1.52. The van der Waals surface area contributed by atoms with Crippen molar-refractivity contribution in [3.05, 3.63) is 20.3 Å². The van der Waals surface area contributed by atoms with Crippen molar-refractivity contribution in [2.75, 3.05) is 13.6 Å². The highest BCUT2D eigenvalue weighted by atomic mass is 79.9. The van der Waals surface area contributed by atoms with Gasteiger partial charge in [-0.1, -0.05) is 0 Å². The zero-order chi connectivity index (χ0) is 11.0. The van der Waals surface area contributed by atoms with Gasteiger partial charge in [-0.2, -0.15) is 0 Å². The standard InChI is InChI=1S/C11H14BrNOS/c1-7-5-9(15-10(7)12)11(14)13(2)6-8-3-4-8/h5,8H,3-4,6H2,1-2H3. The molecule has 1 aromatic heterocycles. The predicted molar refractivity (Wildman–Crippen MR) is 66.4 cm³/mol. The van der Waals surface area contributed by atoms with Crippen LogP contribution < -0.4 is 0 Å². The highest BCUT2D eigenvalue weighted by Crippen LogP contribution is 2.31. The molecular formula is C11H14BrNOS. The third-order valence-electron chi connectivity index (χ3n) is 2.64. The van der Waals surface area contributed by atoms with E-state index in [1.54, 1.807) is 0 Å². The number of carbonyl (C=O) groups excluding carboxylic acids is 1. The molecule has 0 N–H and O–H groups in total. The van der Waals surface area contributed by atoms with Crippen molar-refractivity contribution in [1.82, 2.24) is 4.90 Å². The van der Waals surface area contributed by atoms with Gasteiger partial charge in [0.2, 0.25) is 0 Å². The molecule has 2 nitrogen and oxygen atoms in total. The number of carbonyl (C=O) groups is 1. The number of aryl methyl sites for hydroxylation is 1. The lowest BCUT2D eigenvalue weighted by Gasteiger charge is -2.15. The minimum absolute atomic E-state index is 0.153. The van der Waals surface area contributed by atoms with E-state index in [1.807, 2.05) is 24.9 Å². The van der Waals surface area contributed by atoms with Crippen LogP contribution in [0.2, 0.25) is 0 Å². The molecule has 0 bridgehead atoms. The van der Waals surface area contributed by atoms with E-state index in [0.29, 0.717) is 0 Å². The first-order chi connectivity index (χ1) is 7.08. The largest absolute Gasteiger partial charge is 0.341 e. The Hall–Kier alpha value is -0.350. The Bertz CT molecular complexity index is 364. The fourth-order valence-corrected chi connectivity index (χ4v) is 3.05. The van der Waals surface area contributed by atoms with E-state index in [0.717, 1.165) is 26.7 Å². The molecule has 1 heterocycles. The van der Waals surface area contributed by atoms with Gasteiger partial charge in [0, 0.05) is 13.6 Å². The third kappa shape index (κ3) is 2.61. The van der Waals surface area contributed by atoms with Gasteiger partial charge in [-0.25, -0.2) is 0 Å².